The highest BCUT2D eigenvalue weighted by Gasteiger charge is 2.26. The van der Waals surface area contributed by atoms with Crippen molar-refractivity contribution in [3.05, 3.63) is 23.8 Å². The summed E-state index contributed by atoms with van der Waals surface area (Å²) in [5.41, 5.74) is 3.66. The molecular formula is C25H40N2O2S. The standard InChI is InChI=1S/C25H40N2O2S/c1-18(2)17-27(22-7-5-4-6-8-22)24-10-9-20(19(3)15-25(28)29)16-23(24)26-21-11-13-30-14-12-21/h9-10,16,18-19,21-22,26H,4-8,11-15,17H2,1-3H3,(H,28,29). The molecule has 168 valence electrons. The predicted octanol–water partition coefficient (Wildman–Crippen LogP) is 6.37. The smallest absolute Gasteiger partial charge is 0.303 e. The van der Waals surface area contributed by atoms with Crippen LogP contribution < -0.4 is 10.2 Å². The van der Waals surface area contributed by atoms with E-state index in [-0.39, 0.29) is 12.3 Å². The van der Waals surface area contributed by atoms with Gasteiger partial charge in [-0.1, -0.05) is 46.1 Å². The topological polar surface area (TPSA) is 52.6 Å². The monoisotopic (exact) mass is 432 g/mol. The Morgan fingerprint density at radius 1 is 1.13 bits per heavy atom. The Kier molecular flexibility index (Phi) is 8.79. The number of carboxylic acids is 1. The molecule has 1 unspecified atom stereocenters. The molecule has 1 aromatic rings. The minimum Gasteiger partial charge on any atom is -0.481 e. The van der Waals surface area contributed by atoms with E-state index in [1.54, 1.807) is 0 Å². The largest absolute Gasteiger partial charge is 0.481 e. The number of anilines is 2. The second-order valence-corrected chi connectivity index (χ2v) is 10.9. The van der Waals surface area contributed by atoms with E-state index in [9.17, 15) is 9.90 Å². The van der Waals surface area contributed by atoms with Crippen LogP contribution in [0.1, 0.15) is 83.6 Å². The minimum atomic E-state index is -0.728. The number of rotatable bonds is 9. The summed E-state index contributed by atoms with van der Waals surface area (Å²) in [7, 11) is 0. The Morgan fingerprint density at radius 3 is 2.47 bits per heavy atom. The molecule has 4 nitrogen and oxygen atoms in total. The van der Waals surface area contributed by atoms with Crippen LogP contribution in [0.4, 0.5) is 11.4 Å². The fraction of sp³-hybridized carbons (Fsp3) is 0.720. The Hall–Kier alpha value is -1.36. The maximum absolute atomic E-state index is 11.3. The molecule has 1 saturated heterocycles. The highest BCUT2D eigenvalue weighted by molar-refractivity contribution is 7.99. The minimum absolute atomic E-state index is 0.0206. The molecule has 3 rings (SSSR count). The van der Waals surface area contributed by atoms with Gasteiger partial charge in [0.2, 0.25) is 0 Å². The second kappa shape index (κ2) is 11.3. The molecule has 2 fully saturated rings. The lowest BCUT2D eigenvalue weighted by atomic mass is 9.92. The molecule has 5 heteroatoms. The highest BCUT2D eigenvalue weighted by atomic mass is 32.2. The fourth-order valence-corrected chi connectivity index (χ4v) is 6.00. The van der Waals surface area contributed by atoms with E-state index in [1.165, 1.54) is 67.8 Å². The van der Waals surface area contributed by atoms with E-state index >= 15 is 0 Å². The third kappa shape index (κ3) is 6.57. The molecule has 1 aliphatic carbocycles. The zero-order valence-electron chi connectivity index (χ0n) is 19.0. The number of carboxylic acid groups (broad SMARTS) is 1. The van der Waals surface area contributed by atoms with Gasteiger partial charge in [0.05, 0.1) is 17.8 Å². The number of nitrogens with zero attached hydrogens (tertiary/aromatic N) is 1. The molecule has 0 aromatic heterocycles. The van der Waals surface area contributed by atoms with Crippen LogP contribution in [0.15, 0.2) is 18.2 Å². The normalized spacial score (nSPS) is 19.6. The van der Waals surface area contributed by atoms with Gasteiger partial charge < -0.3 is 15.3 Å². The van der Waals surface area contributed by atoms with Crippen molar-refractivity contribution in [1.82, 2.24) is 0 Å². The molecule has 1 heterocycles. The first-order chi connectivity index (χ1) is 14.4. The van der Waals surface area contributed by atoms with Crippen molar-refractivity contribution in [3.8, 4) is 0 Å². The first kappa shape index (κ1) is 23.3. The average Bonchev–Trinajstić information content (AvgIpc) is 2.73. The molecule has 0 spiro atoms. The van der Waals surface area contributed by atoms with E-state index < -0.39 is 5.97 Å². The first-order valence-corrected chi connectivity index (χ1v) is 13.1. The molecule has 1 aromatic carbocycles. The zero-order chi connectivity index (χ0) is 21.5. The number of carbonyl (C=O) groups is 1. The Balaban J connectivity index is 1.92. The van der Waals surface area contributed by atoms with Crippen molar-refractivity contribution in [2.75, 3.05) is 28.3 Å². The molecule has 2 N–H and O–H groups in total. The van der Waals surface area contributed by atoms with Crippen molar-refractivity contribution >= 4 is 29.1 Å². The number of thioether (sulfide) groups is 1. The van der Waals surface area contributed by atoms with Gasteiger partial charge in [0.15, 0.2) is 0 Å². The summed E-state index contributed by atoms with van der Waals surface area (Å²) in [4.78, 5) is 13.9. The van der Waals surface area contributed by atoms with Gasteiger partial charge in [-0.3, -0.25) is 4.79 Å². The van der Waals surface area contributed by atoms with Crippen LogP contribution in [0.25, 0.3) is 0 Å². The van der Waals surface area contributed by atoms with Crippen molar-refractivity contribution in [2.24, 2.45) is 5.92 Å². The van der Waals surface area contributed by atoms with E-state index in [2.05, 4.69) is 54.0 Å². The van der Waals surface area contributed by atoms with Gasteiger partial charge in [0, 0.05) is 18.6 Å². The molecule has 1 saturated carbocycles. The highest BCUT2D eigenvalue weighted by Crippen LogP contribution is 2.37. The van der Waals surface area contributed by atoms with Gasteiger partial charge in [-0.05, 0) is 66.7 Å². The van der Waals surface area contributed by atoms with Crippen LogP contribution in [-0.4, -0.2) is 41.2 Å². The van der Waals surface area contributed by atoms with Crippen LogP contribution in [0.5, 0.6) is 0 Å². The SMILES string of the molecule is CC(C)CN(c1ccc(C(C)CC(=O)O)cc1NC1CCSCC1)C1CCCCC1. The van der Waals surface area contributed by atoms with E-state index in [0.29, 0.717) is 18.0 Å². The molecule has 0 bridgehead atoms. The molecule has 2 aliphatic rings. The third-order valence-corrected chi connectivity index (χ3v) is 7.59. The summed E-state index contributed by atoms with van der Waals surface area (Å²) in [6, 6.07) is 7.82. The van der Waals surface area contributed by atoms with Crippen LogP contribution in [-0.2, 0) is 4.79 Å². The maximum atomic E-state index is 11.3. The summed E-state index contributed by atoms with van der Waals surface area (Å²) >= 11 is 2.05. The van der Waals surface area contributed by atoms with Crippen LogP contribution in [0, 0.1) is 5.92 Å². The molecular weight excluding hydrogens is 392 g/mol. The van der Waals surface area contributed by atoms with Gasteiger partial charge in [-0.2, -0.15) is 11.8 Å². The Labute approximate surface area is 187 Å². The molecule has 1 atom stereocenters. The zero-order valence-corrected chi connectivity index (χ0v) is 19.8. The summed E-state index contributed by atoms with van der Waals surface area (Å²) in [6.07, 6.45) is 9.16. The fourth-order valence-electron chi connectivity index (χ4n) is 4.90. The van der Waals surface area contributed by atoms with Crippen LogP contribution >= 0.6 is 11.8 Å². The van der Waals surface area contributed by atoms with E-state index in [1.807, 2.05) is 6.92 Å². The summed E-state index contributed by atoms with van der Waals surface area (Å²) in [5, 5.41) is 13.1. The Morgan fingerprint density at radius 2 is 1.83 bits per heavy atom. The predicted molar refractivity (Wildman–Crippen MR) is 130 cm³/mol. The molecule has 30 heavy (non-hydrogen) atoms. The first-order valence-electron chi connectivity index (χ1n) is 11.9. The average molecular weight is 433 g/mol. The number of hydrogen-bond acceptors (Lipinski definition) is 4. The van der Waals surface area contributed by atoms with Crippen molar-refractivity contribution in [1.29, 1.82) is 0 Å². The van der Waals surface area contributed by atoms with Gasteiger partial charge in [0.25, 0.3) is 0 Å². The lowest BCUT2D eigenvalue weighted by Gasteiger charge is -2.39. The second-order valence-electron chi connectivity index (χ2n) is 9.64. The molecule has 1 aliphatic heterocycles. The van der Waals surface area contributed by atoms with Crippen LogP contribution in [0.2, 0.25) is 0 Å². The van der Waals surface area contributed by atoms with Gasteiger partial charge in [-0.25, -0.2) is 0 Å². The quantitative estimate of drug-likeness (QED) is 0.475. The Bertz CT molecular complexity index is 682. The van der Waals surface area contributed by atoms with Crippen molar-refractivity contribution in [3.63, 3.8) is 0 Å². The number of hydrogen-bond donors (Lipinski definition) is 2. The molecule has 0 radical (unpaired) electrons. The summed E-state index contributed by atoms with van der Waals surface area (Å²) < 4.78 is 0. The number of aliphatic carboxylic acids is 1. The van der Waals surface area contributed by atoms with E-state index in [4.69, 9.17) is 0 Å². The van der Waals surface area contributed by atoms with Gasteiger partial charge in [0.1, 0.15) is 0 Å². The van der Waals surface area contributed by atoms with Gasteiger partial charge in [-0.15, -0.1) is 0 Å². The lowest BCUT2D eigenvalue weighted by Crippen LogP contribution is -2.40. The summed E-state index contributed by atoms with van der Waals surface area (Å²) in [5.74, 6) is 2.35. The maximum Gasteiger partial charge on any atom is 0.303 e. The number of nitrogens with one attached hydrogen (secondary N) is 1. The van der Waals surface area contributed by atoms with Crippen LogP contribution in [0.3, 0.4) is 0 Å². The lowest BCUT2D eigenvalue weighted by molar-refractivity contribution is -0.137. The molecule has 0 amide bonds. The third-order valence-electron chi connectivity index (χ3n) is 6.54. The van der Waals surface area contributed by atoms with Crippen molar-refractivity contribution < 1.29 is 9.90 Å². The van der Waals surface area contributed by atoms with Gasteiger partial charge >= 0.3 is 5.97 Å². The van der Waals surface area contributed by atoms with E-state index in [0.717, 1.165) is 12.1 Å². The summed E-state index contributed by atoms with van der Waals surface area (Å²) in [6.45, 7) is 7.72. The number of benzene rings is 1. The van der Waals surface area contributed by atoms with Crippen molar-refractivity contribution in [2.45, 2.75) is 90.1 Å².